The Hall–Kier alpha value is -2.14. The zero-order valence-electron chi connectivity index (χ0n) is 11.5. The topological polar surface area (TPSA) is 38.5 Å². The molecule has 0 aliphatic rings. The van der Waals surface area contributed by atoms with E-state index in [0.29, 0.717) is 21.5 Å². The molecule has 0 aliphatic carbocycles. The van der Waals surface area contributed by atoms with Crippen molar-refractivity contribution < 1.29 is 12.8 Å². The van der Waals surface area contributed by atoms with Crippen LogP contribution in [0.5, 0.6) is 0 Å². The van der Waals surface area contributed by atoms with E-state index >= 15 is 0 Å². The number of pyridine rings is 1. The maximum Gasteiger partial charge on any atom is 0.184 e. The van der Waals surface area contributed by atoms with Crippen LogP contribution in [-0.2, 0) is 15.6 Å². The number of rotatable bonds is 3. The van der Waals surface area contributed by atoms with Crippen molar-refractivity contribution >= 4 is 15.4 Å². The fraction of sp³-hybridized carbons (Fsp3) is 0.125. The van der Waals surface area contributed by atoms with Crippen LogP contribution in [0.25, 0.3) is 5.52 Å². The highest BCUT2D eigenvalue weighted by atomic mass is 32.2. The lowest BCUT2D eigenvalue weighted by Gasteiger charge is -2.05. The Morgan fingerprint density at radius 1 is 1.10 bits per heavy atom. The molecule has 3 nitrogen and oxygen atoms in total. The maximum atomic E-state index is 12.9. The minimum absolute atomic E-state index is 0.136. The molecule has 0 unspecified atom stereocenters. The van der Waals surface area contributed by atoms with Crippen LogP contribution in [0.3, 0.4) is 0 Å². The number of aryl methyl sites for hydroxylation is 1. The van der Waals surface area contributed by atoms with Crippen molar-refractivity contribution in [2.75, 3.05) is 0 Å². The van der Waals surface area contributed by atoms with Gasteiger partial charge in [0.25, 0.3) is 0 Å². The average Bonchev–Trinajstić information content (AvgIpc) is 2.77. The first-order chi connectivity index (χ1) is 9.97. The van der Waals surface area contributed by atoms with Crippen molar-refractivity contribution in [2.45, 2.75) is 17.6 Å². The van der Waals surface area contributed by atoms with Crippen molar-refractivity contribution in [1.82, 2.24) is 4.40 Å². The fourth-order valence-corrected chi connectivity index (χ4v) is 4.32. The Balaban J connectivity index is 2.08. The number of halogens is 1. The highest BCUT2D eigenvalue weighted by Gasteiger charge is 2.22. The van der Waals surface area contributed by atoms with Crippen LogP contribution in [0.4, 0.5) is 4.39 Å². The van der Waals surface area contributed by atoms with Crippen LogP contribution >= 0.6 is 0 Å². The van der Waals surface area contributed by atoms with Crippen LogP contribution in [0.15, 0.2) is 59.8 Å². The minimum atomic E-state index is -3.48. The first kappa shape index (κ1) is 13.8. The third kappa shape index (κ3) is 2.56. The van der Waals surface area contributed by atoms with E-state index in [2.05, 4.69) is 0 Å². The van der Waals surface area contributed by atoms with Gasteiger partial charge in [-0.25, -0.2) is 12.8 Å². The smallest absolute Gasteiger partial charge is 0.184 e. The second kappa shape index (κ2) is 5.00. The predicted octanol–water partition coefficient (Wildman–Crippen LogP) is 3.36. The lowest BCUT2D eigenvalue weighted by molar-refractivity contribution is 0.595. The van der Waals surface area contributed by atoms with Gasteiger partial charge in [0.05, 0.1) is 16.2 Å². The first-order valence-electron chi connectivity index (χ1n) is 6.51. The van der Waals surface area contributed by atoms with E-state index in [-0.39, 0.29) is 11.6 Å². The number of fused-ring (bicyclic) bond motifs is 1. The summed E-state index contributed by atoms with van der Waals surface area (Å²) in [6.45, 7) is 1.78. The van der Waals surface area contributed by atoms with Gasteiger partial charge in [-0.3, -0.25) is 0 Å². The highest BCUT2D eigenvalue weighted by molar-refractivity contribution is 7.91. The monoisotopic (exact) mass is 303 g/mol. The van der Waals surface area contributed by atoms with Gasteiger partial charge in [-0.2, -0.15) is 0 Å². The van der Waals surface area contributed by atoms with Gasteiger partial charge in [-0.1, -0.05) is 18.2 Å². The third-order valence-corrected chi connectivity index (χ3v) is 5.26. The van der Waals surface area contributed by atoms with Gasteiger partial charge < -0.3 is 4.40 Å². The Morgan fingerprint density at radius 3 is 2.52 bits per heavy atom. The summed E-state index contributed by atoms with van der Waals surface area (Å²) in [4.78, 5) is 0.340. The number of nitrogens with zero attached hydrogens (tertiary/aromatic N) is 1. The number of benzene rings is 1. The number of hydrogen-bond donors (Lipinski definition) is 0. The summed E-state index contributed by atoms with van der Waals surface area (Å²) in [5.41, 5.74) is 1.95. The summed E-state index contributed by atoms with van der Waals surface area (Å²) in [5, 5.41) is 0. The van der Waals surface area contributed by atoms with Crippen LogP contribution < -0.4 is 0 Å². The lowest BCUT2D eigenvalue weighted by atomic mass is 10.2. The van der Waals surface area contributed by atoms with Crippen LogP contribution in [0.2, 0.25) is 0 Å². The molecule has 0 amide bonds. The zero-order chi connectivity index (χ0) is 15.0. The molecule has 0 saturated carbocycles. The molecule has 0 bridgehead atoms. The normalized spacial score (nSPS) is 11.9. The van der Waals surface area contributed by atoms with Crippen molar-refractivity contribution in [3.8, 4) is 0 Å². The molecular weight excluding hydrogens is 289 g/mol. The van der Waals surface area contributed by atoms with Gasteiger partial charge in [-0.05, 0) is 42.3 Å². The highest BCUT2D eigenvalue weighted by Crippen LogP contribution is 2.26. The summed E-state index contributed by atoms with van der Waals surface area (Å²) in [7, 11) is -3.48. The Kier molecular flexibility index (Phi) is 3.29. The van der Waals surface area contributed by atoms with Crippen molar-refractivity contribution in [1.29, 1.82) is 0 Å². The van der Waals surface area contributed by atoms with E-state index in [1.165, 1.54) is 24.3 Å². The first-order valence-corrected chi connectivity index (χ1v) is 8.16. The van der Waals surface area contributed by atoms with E-state index in [0.717, 1.165) is 0 Å². The lowest BCUT2D eigenvalue weighted by Crippen LogP contribution is -2.06. The average molecular weight is 303 g/mol. The maximum absolute atomic E-state index is 12.9. The number of aromatic nitrogens is 1. The van der Waals surface area contributed by atoms with E-state index in [1.807, 2.05) is 18.3 Å². The van der Waals surface area contributed by atoms with Gasteiger partial charge in [0, 0.05) is 12.4 Å². The van der Waals surface area contributed by atoms with Crippen LogP contribution in [-0.4, -0.2) is 12.8 Å². The quantitative estimate of drug-likeness (QED) is 0.744. The molecule has 108 valence electrons. The molecule has 0 N–H and O–H groups in total. The molecule has 0 radical (unpaired) electrons. The van der Waals surface area contributed by atoms with E-state index in [1.54, 1.807) is 23.6 Å². The second-order valence-corrected chi connectivity index (χ2v) is 6.95. The molecule has 2 aromatic heterocycles. The molecule has 3 aromatic rings. The van der Waals surface area contributed by atoms with Crippen molar-refractivity contribution in [3.63, 3.8) is 0 Å². The van der Waals surface area contributed by atoms with Gasteiger partial charge >= 0.3 is 0 Å². The Bertz CT molecular complexity index is 896. The summed E-state index contributed by atoms with van der Waals surface area (Å²) < 4.78 is 40.1. The Labute approximate surface area is 122 Å². The van der Waals surface area contributed by atoms with Crippen LogP contribution in [0.1, 0.15) is 11.1 Å². The van der Waals surface area contributed by atoms with Gasteiger partial charge in [0.1, 0.15) is 5.82 Å². The molecular formula is C16H14FNO2S. The largest absolute Gasteiger partial charge is 0.322 e. The van der Waals surface area contributed by atoms with Crippen molar-refractivity contribution in [2.24, 2.45) is 0 Å². The Morgan fingerprint density at radius 2 is 1.81 bits per heavy atom. The second-order valence-electron chi connectivity index (χ2n) is 5.02. The molecule has 0 atom stereocenters. The molecule has 0 spiro atoms. The standard InChI is InChI=1S/C16H14FNO2S/c1-12-10-18-9-3-2-4-15(18)16(12)21(19,20)11-13-5-7-14(17)8-6-13/h2-10H,11H2,1H3. The van der Waals surface area contributed by atoms with Gasteiger partial charge in [0.2, 0.25) is 0 Å². The molecule has 21 heavy (non-hydrogen) atoms. The molecule has 0 aliphatic heterocycles. The number of sulfone groups is 1. The van der Waals surface area contributed by atoms with Gasteiger partial charge in [-0.15, -0.1) is 0 Å². The summed E-state index contributed by atoms with van der Waals surface area (Å²) in [6.07, 6.45) is 3.62. The summed E-state index contributed by atoms with van der Waals surface area (Å²) in [6, 6.07) is 11.0. The van der Waals surface area contributed by atoms with Gasteiger partial charge in [0.15, 0.2) is 9.84 Å². The number of hydrogen-bond acceptors (Lipinski definition) is 2. The predicted molar refractivity (Wildman–Crippen MR) is 79.4 cm³/mol. The molecule has 0 saturated heterocycles. The molecule has 5 heteroatoms. The van der Waals surface area contributed by atoms with Crippen molar-refractivity contribution in [3.05, 3.63) is 71.8 Å². The minimum Gasteiger partial charge on any atom is -0.322 e. The zero-order valence-corrected chi connectivity index (χ0v) is 12.3. The third-order valence-electron chi connectivity index (χ3n) is 3.39. The van der Waals surface area contributed by atoms with E-state index in [4.69, 9.17) is 0 Å². The molecule has 3 rings (SSSR count). The van der Waals surface area contributed by atoms with E-state index in [9.17, 15) is 12.8 Å². The fourth-order valence-electron chi connectivity index (χ4n) is 2.51. The molecule has 2 heterocycles. The molecule has 0 fully saturated rings. The SMILES string of the molecule is Cc1cn2ccccc2c1S(=O)(=O)Cc1ccc(F)cc1. The van der Waals surface area contributed by atoms with Crippen LogP contribution in [0, 0.1) is 12.7 Å². The van der Waals surface area contributed by atoms with E-state index < -0.39 is 9.84 Å². The summed E-state index contributed by atoms with van der Waals surface area (Å²) in [5.74, 6) is -0.510. The molecule has 1 aromatic carbocycles. The summed E-state index contributed by atoms with van der Waals surface area (Å²) >= 11 is 0.